The van der Waals surface area contributed by atoms with Gasteiger partial charge in [0, 0.05) is 35.3 Å². The Labute approximate surface area is 164 Å². The summed E-state index contributed by atoms with van der Waals surface area (Å²) in [5.41, 5.74) is 3.90. The zero-order chi connectivity index (χ0) is 19.7. The number of allylic oxidation sites excluding steroid dienone is 2. The predicted molar refractivity (Wildman–Crippen MR) is 112 cm³/mol. The second-order valence-electron chi connectivity index (χ2n) is 7.08. The first-order valence-electron chi connectivity index (χ1n) is 9.49. The molecule has 4 rings (SSSR count). The van der Waals surface area contributed by atoms with Gasteiger partial charge in [0.25, 0.3) is 0 Å². The maximum atomic E-state index is 12.8. The Morgan fingerprint density at radius 3 is 2.79 bits per heavy atom. The number of rotatable bonds is 5. The van der Waals surface area contributed by atoms with Gasteiger partial charge in [0.05, 0.1) is 5.56 Å². The van der Waals surface area contributed by atoms with Gasteiger partial charge in [0.15, 0.2) is 5.76 Å². The molecule has 1 aromatic heterocycles. The lowest BCUT2D eigenvalue weighted by molar-refractivity contribution is 0.101. The van der Waals surface area contributed by atoms with Crippen molar-refractivity contribution in [2.24, 2.45) is 0 Å². The minimum absolute atomic E-state index is 0.0980. The fourth-order valence-corrected chi connectivity index (χ4v) is 3.35. The average molecular weight is 373 g/mol. The predicted octanol–water partition coefficient (Wildman–Crippen LogP) is 5.62. The van der Waals surface area contributed by atoms with E-state index < -0.39 is 0 Å². The Morgan fingerprint density at radius 2 is 2.00 bits per heavy atom. The number of para-hydroxylation sites is 1. The molecule has 3 aromatic rings. The van der Waals surface area contributed by atoms with Crippen molar-refractivity contribution in [1.29, 1.82) is 0 Å². The number of hydrogen-bond donors (Lipinski definition) is 0. The normalized spacial score (nSPS) is 14.2. The highest BCUT2D eigenvalue weighted by molar-refractivity contribution is 6.15. The van der Waals surface area contributed by atoms with Crippen LogP contribution in [0.25, 0.3) is 17.0 Å². The molecule has 0 bridgehead atoms. The van der Waals surface area contributed by atoms with Crippen LogP contribution in [0.2, 0.25) is 0 Å². The van der Waals surface area contributed by atoms with Crippen molar-refractivity contribution in [2.45, 2.75) is 27.3 Å². The fraction of sp³-hybridized carbons (Fsp3) is 0.208. The second-order valence-corrected chi connectivity index (χ2v) is 7.08. The Balaban J connectivity index is 1.63. The molecule has 0 spiro atoms. The van der Waals surface area contributed by atoms with Crippen LogP contribution >= 0.6 is 0 Å². The Morgan fingerprint density at radius 1 is 1.18 bits per heavy atom. The van der Waals surface area contributed by atoms with E-state index in [4.69, 9.17) is 9.47 Å². The third-order valence-corrected chi connectivity index (χ3v) is 4.83. The van der Waals surface area contributed by atoms with E-state index in [0.29, 0.717) is 29.4 Å². The van der Waals surface area contributed by atoms with Crippen molar-refractivity contribution in [3.8, 4) is 11.5 Å². The van der Waals surface area contributed by atoms with E-state index in [9.17, 15) is 4.79 Å². The highest BCUT2D eigenvalue weighted by Crippen LogP contribution is 2.35. The molecule has 0 atom stereocenters. The number of hydrogen-bond acceptors (Lipinski definition) is 3. The number of Topliss-reactive ketones (excluding diaryl/α,β-unsaturated/α-hetero) is 1. The van der Waals surface area contributed by atoms with Gasteiger partial charge in [0.2, 0.25) is 5.78 Å². The summed E-state index contributed by atoms with van der Waals surface area (Å²) in [5, 5.41) is 1.11. The third kappa shape index (κ3) is 3.33. The second kappa shape index (κ2) is 7.39. The standard InChI is InChI=1S/C24H23NO3/c1-4-25-15-17(19-7-5-6-8-21(19)25)13-23-24(26)20-10-9-18(14-22(20)28-23)27-12-11-16(2)3/h5-11,13-15H,4,12H2,1-3H3/b23-13+. The number of aromatic nitrogens is 1. The number of ether oxygens (including phenoxy) is 2. The maximum absolute atomic E-state index is 12.8. The maximum Gasteiger partial charge on any atom is 0.231 e. The SMILES string of the molecule is CCn1cc(/C=C2/Oc3cc(OCC=C(C)C)ccc3C2=O)c2ccccc21. The summed E-state index contributed by atoms with van der Waals surface area (Å²) < 4.78 is 13.8. The van der Waals surface area contributed by atoms with Gasteiger partial charge in [-0.1, -0.05) is 23.8 Å². The minimum atomic E-state index is -0.0980. The first kappa shape index (κ1) is 18.1. The van der Waals surface area contributed by atoms with Crippen LogP contribution < -0.4 is 9.47 Å². The van der Waals surface area contributed by atoms with Gasteiger partial charge in [-0.15, -0.1) is 0 Å². The summed E-state index contributed by atoms with van der Waals surface area (Å²) in [6.45, 7) is 7.52. The van der Waals surface area contributed by atoms with E-state index in [0.717, 1.165) is 23.0 Å². The summed E-state index contributed by atoms with van der Waals surface area (Å²) in [5.74, 6) is 1.48. The molecule has 1 aliphatic rings. The molecule has 0 saturated heterocycles. The number of nitrogens with zero attached hydrogens (tertiary/aromatic N) is 1. The van der Waals surface area contributed by atoms with Crippen LogP contribution in [-0.2, 0) is 6.54 Å². The lowest BCUT2D eigenvalue weighted by Crippen LogP contribution is -1.98. The molecule has 142 valence electrons. The lowest BCUT2D eigenvalue weighted by atomic mass is 10.1. The molecule has 28 heavy (non-hydrogen) atoms. The molecule has 0 amide bonds. The Kier molecular flexibility index (Phi) is 4.78. The van der Waals surface area contributed by atoms with Crippen LogP contribution in [0.4, 0.5) is 0 Å². The number of carbonyl (C=O) groups excluding carboxylic acids is 1. The van der Waals surface area contributed by atoms with Crippen LogP contribution in [0.1, 0.15) is 36.7 Å². The molecule has 4 heteroatoms. The summed E-state index contributed by atoms with van der Waals surface area (Å²) in [6.07, 6.45) is 5.90. The molecule has 2 aromatic carbocycles. The zero-order valence-electron chi connectivity index (χ0n) is 16.4. The van der Waals surface area contributed by atoms with E-state index >= 15 is 0 Å². The summed E-state index contributed by atoms with van der Waals surface area (Å²) in [7, 11) is 0. The minimum Gasteiger partial charge on any atom is -0.489 e. The number of aryl methyl sites for hydroxylation is 1. The average Bonchev–Trinajstić information content (AvgIpc) is 3.19. The highest BCUT2D eigenvalue weighted by atomic mass is 16.5. The zero-order valence-corrected chi connectivity index (χ0v) is 16.4. The van der Waals surface area contributed by atoms with Crippen LogP contribution in [0.5, 0.6) is 11.5 Å². The molecule has 0 saturated carbocycles. The van der Waals surface area contributed by atoms with E-state index in [1.807, 2.05) is 44.2 Å². The van der Waals surface area contributed by atoms with Crippen molar-refractivity contribution < 1.29 is 14.3 Å². The van der Waals surface area contributed by atoms with Crippen LogP contribution in [0, 0.1) is 0 Å². The molecule has 2 heterocycles. The monoisotopic (exact) mass is 373 g/mol. The number of carbonyl (C=O) groups is 1. The van der Waals surface area contributed by atoms with Gasteiger partial charge in [-0.3, -0.25) is 4.79 Å². The lowest BCUT2D eigenvalue weighted by Gasteiger charge is -2.05. The molecular formula is C24H23NO3. The molecule has 0 fully saturated rings. The van der Waals surface area contributed by atoms with E-state index in [1.165, 1.54) is 5.57 Å². The van der Waals surface area contributed by atoms with E-state index in [2.05, 4.69) is 29.8 Å². The van der Waals surface area contributed by atoms with Gasteiger partial charge < -0.3 is 14.0 Å². The number of benzene rings is 2. The Bertz CT molecular complexity index is 1110. The highest BCUT2D eigenvalue weighted by Gasteiger charge is 2.28. The van der Waals surface area contributed by atoms with Gasteiger partial charge >= 0.3 is 0 Å². The molecular weight excluding hydrogens is 350 g/mol. The van der Waals surface area contributed by atoms with Crippen LogP contribution in [-0.4, -0.2) is 17.0 Å². The van der Waals surface area contributed by atoms with Crippen molar-refractivity contribution in [3.05, 3.63) is 77.2 Å². The smallest absolute Gasteiger partial charge is 0.231 e. The summed E-state index contributed by atoms with van der Waals surface area (Å²) in [4.78, 5) is 12.8. The van der Waals surface area contributed by atoms with Gasteiger partial charge in [-0.05, 0) is 51.1 Å². The molecule has 0 radical (unpaired) electrons. The topological polar surface area (TPSA) is 40.5 Å². The van der Waals surface area contributed by atoms with Crippen molar-refractivity contribution >= 4 is 22.8 Å². The first-order valence-corrected chi connectivity index (χ1v) is 9.49. The molecule has 0 aliphatic carbocycles. The third-order valence-electron chi connectivity index (χ3n) is 4.83. The quantitative estimate of drug-likeness (QED) is 0.430. The van der Waals surface area contributed by atoms with Crippen LogP contribution in [0.3, 0.4) is 0 Å². The van der Waals surface area contributed by atoms with Gasteiger partial charge in [-0.25, -0.2) is 0 Å². The largest absolute Gasteiger partial charge is 0.489 e. The van der Waals surface area contributed by atoms with Crippen molar-refractivity contribution in [3.63, 3.8) is 0 Å². The van der Waals surface area contributed by atoms with E-state index in [1.54, 1.807) is 12.1 Å². The summed E-state index contributed by atoms with van der Waals surface area (Å²) >= 11 is 0. The van der Waals surface area contributed by atoms with E-state index in [-0.39, 0.29) is 5.78 Å². The molecule has 0 unspecified atom stereocenters. The first-order chi connectivity index (χ1) is 13.6. The van der Waals surface area contributed by atoms with Gasteiger partial charge in [0.1, 0.15) is 18.1 Å². The fourth-order valence-electron chi connectivity index (χ4n) is 3.35. The van der Waals surface area contributed by atoms with Crippen LogP contribution in [0.15, 0.2) is 66.1 Å². The van der Waals surface area contributed by atoms with Crippen molar-refractivity contribution in [2.75, 3.05) is 6.61 Å². The molecule has 1 aliphatic heterocycles. The summed E-state index contributed by atoms with van der Waals surface area (Å²) in [6, 6.07) is 13.5. The Hall–Kier alpha value is -3.27. The number of ketones is 1. The van der Waals surface area contributed by atoms with Crippen molar-refractivity contribution in [1.82, 2.24) is 4.57 Å². The van der Waals surface area contributed by atoms with Gasteiger partial charge in [-0.2, -0.15) is 0 Å². The molecule has 4 nitrogen and oxygen atoms in total. The number of fused-ring (bicyclic) bond motifs is 2. The molecule has 0 N–H and O–H groups in total.